The Morgan fingerprint density at radius 1 is 1.29 bits per heavy atom. The standard InChI is InChI=1S/C17H23N3O3S/c1-13-17(12-18-19(13)2)24(21,22)20-10-5-4-9-16(20)14-7-6-8-15(11-14)23-3/h6-8,11-12,16H,4-5,9-10H2,1-3H3. The van der Waals surface area contributed by atoms with Crippen LogP contribution < -0.4 is 4.74 Å². The Kier molecular flexibility index (Phi) is 4.64. The summed E-state index contributed by atoms with van der Waals surface area (Å²) >= 11 is 0. The summed E-state index contributed by atoms with van der Waals surface area (Å²) in [5.74, 6) is 0.743. The van der Waals surface area contributed by atoms with Crippen LogP contribution in [0.1, 0.15) is 36.6 Å². The van der Waals surface area contributed by atoms with E-state index in [2.05, 4.69) is 5.10 Å². The average molecular weight is 349 g/mol. The Bertz CT molecular complexity index is 829. The fourth-order valence-corrected chi connectivity index (χ4v) is 5.10. The Balaban J connectivity index is 2.02. The molecular weight excluding hydrogens is 326 g/mol. The Morgan fingerprint density at radius 3 is 2.75 bits per heavy atom. The molecule has 0 radical (unpaired) electrons. The van der Waals surface area contributed by atoms with Crippen molar-refractivity contribution in [1.29, 1.82) is 0 Å². The van der Waals surface area contributed by atoms with Crippen molar-refractivity contribution in [2.45, 2.75) is 37.1 Å². The Hall–Kier alpha value is -1.86. The maximum absolute atomic E-state index is 13.2. The lowest BCUT2D eigenvalue weighted by atomic mass is 9.97. The van der Waals surface area contributed by atoms with Gasteiger partial charge in [0, 0.05) is 13.6 Å². The lowest BCUT2D eigenvalue weighted by Gasteiger charge is -2.35. The number of aryl methyl sites for hydroxylation is 1. The fourth-order valence-electron chi connectivity index (χ4n) is 3.23. The molecule has 3 rings (SSSR count). The molecule has 24 heavy (non-hydrogen) atoms. The zero-order valence-corrected chi connectivity index (χ0v) is 15.1. The van der Waals surface area contributed by atoms with Crippen molar-refractivity contribution in [1.82, 2.24) is 14.1 Å². The van der Waals surface area contributed by atoms with Crippen LogP contribution in [-0.4, -0.2) is 36.2 Å². The first-order chi connectivity index (χ1) is 11.4. The van der Waals surface area contributed by atoms with Crippen LogP contribution in [0.5, 0.6) is 5.75 Å². The molecule has 1 atom stereocenters. The van der Waals surface area contributed by atoms with E-state index in [1.54, 1.807) is 30.1 Å². The summed E-state index contributed by atoms with van der Waals surface area (Å²) < 4.78 is 34.9. The lowest BCUT2D eigenvalue weighted by molar-refractivity contribution is 0.255. The van der Waals surface area contributed by atoms with Gasteiger partial charge in [-0.15, -0.1) is 0 Å². The highest BCUT2D eigenvalue weighted by Gasteiger charge is 2.36. The van der Waals surface area contributed by atoms with Crippen molar-refractivity contribution in [2.24, 2.45) is 7.05 Å². The van der Waals surface area contributed by atoms with Crippen LogP contribution in [0.25, 0.3) is 0 Å². The van der Waals surface area contributed by atoms with E-state index < -0.39 is 10.0 Å². The molecule has 1 aliphatic heterocycles. The minimum Gasteiger partial charge on any atom is -0.497 e. The number of ether oxygens (including phenoxy) is 1. The third kappa shape index (κ3) is 2.93. The zero-order valence-electron chi connectivity index (χ0n) is 14.3. The molecule has 6 nitrogen and oxygen atoms in total. The molecule has 0 N–H and O–H groups in total. The zero-order chi connectivity index (χ0) is 17.3. The molecule has 2 aromatic rings. The van der Waals surface area contributed by atoms with Crippen molar-refractivity contribution >= 4 is 10.0 Å². The van der Waals surface area contributed by atoms with Crippen LogP contribution >= 0.6 is 0 Å². The minimum atomic E-state index is -3.58. The second-order valence-electron chi connectivity index (χ2n) is 6.12. The van der Waals surface area contributed by atoms with Gasteiger partial charge >= 0.3 is 0 Å². The van der Waals surface area contributed by atoms with Crippen LogP contribution in [0.15, 0.2) is 35.4 Å². The molecule has 7 heteroatoms. The molecule has 0 saturated carbocycles. The molecule has 1 aromatic heterocycles. The molecule has 1 aliphatic rings. The Labute approximate surface area is 143 Å². The third-order valence-electron chi connectivity index (χ3n) is 4.71. The highest BCUT2D eigenvalue weighted by atomic mass is 32.2. The van der Waals surface area contributed by atoms with E-state index in [9.17, 15) is 8.42 Å². The minimum absolute atomic E-state index is 0.168. The quantitative estimate of drug-likeness (QED) is 0.851. The van der Waals surface area contributed by atoms with Gasteiger partial charge in [0.2, 0.25) is 10.0 Å². The smallest absolute Gasteiger partial charge is 0.247 e. The molecule has 1 fully saturated rings. The van der Waals surface area contributed by atoms with Crippen molar-refractivity contribution in [3.05, 3.63) is 41.7 Å². The van der Waals surface area contributed by atoms with Crippen LogP contribution in [0.3, 0.4) is 0 Å². The number of sulfonamides is 1. The largest absolute Gasteiger partial charge is 0.497 e. The first-order valence-corrected chi connectivity index (χ1v) is 9.53. The predicted octanol–water partition coefficient (Wildman–Crippen LogP) is 2.65. The summed E-state index contributed by atoms with van der Waals surface area (Å²) in [5.41, 5.74) is 1.63. The van der Waals surface area contributed by atoms with E-state index in [0.717, 1.165) is 30.6 Å². The highest BCUT2D eigenvalue weighted by Crippen LogP contribution is 2.36. The number of hydrogen-bond acceptors (Lipinski definition) is 4. The van der Waals surface area contributed by atoms with Gasteiger partial charge in [-0.1, -0.05) is 18.6 Å². The van der Waals surface area contributed by atoms with Crippen molar-refractivity contribution in [2.75, 3.05) is 13.7 Å². The number of hydrogen-bond donors (Lipinski definition) is 0. The highest BCUT2D eigenvalue weighted by molar-refractivity contribution is 7.89. The number of aromatic nitrogens is 2. The molecule has 0 spiro atoms. The van der Waals surface area contributed by atoms with Crippen molar-refractivity contribution in [3.8, 4) is 5.75 Å². The molecule has 0 aliphatic carbocycles. The van der Waals surface area contributed by atoms with Crippen LogP contribution in [-0.2, 0) is 17.1 Å². The summed E-state index contributed by atoms with van der Waals surface area (Å²) in [6.45, 7) is 2.31. The van der Waals surface area contributed by atoms with Gasteiger partial charge in [-0.05, 0) is 37.5 Å². The summed E-state index contributed by atoms with van der Waals surface area (Å²) in [4.78, 5) is 0.291. The maximum Gasteiger partial charge on any atom is 0.247 e. The number of piperidine rings is 1. The molecule has 1 saturated heterocycles. The van der Waals surface area contributed by atoms with Crippen LogP contribution in [0.2, 0.25) is 0 Å². The van der Waals surface area contributed by atoms with E-state index in [1.165, 1.54) is 6.20 Å². The van der Waals surface area contributed by atoms with Gasteiger partial charge in [-0.25, -0.2) is 8.42 Å². The van der Waals surface area contributed by atoms with Gasteiger partial charge in [-0.3, -0.25) is 4.68 Å². The second-order valence-corrected chi connectivity index (χ2v) is 7.98. The fraction of sp³-hybridized carbons (Fsp3) is 0.471. The van der Waals surface area contributed by atoms with Gasteiger partial charge in [-0.2, -0.15) is 9.40 Å². The second kappa shape index (κ2) is 6.57. The van der Waals surface area contributed by atoms with E-state index >= 15 is 0 Å². The SMILES string of the molecule is COc1cccc(C2CCCCN2S(=O)(=O)c2cnn(C)c2C)c1. The summed E-state index contributed by atoms with van der Waals surface area (Å²) in [6.07, 6.45) is 4.15. The summed E-state index contributed by atoms with van der Waals surface area (Å²) in [6, 6.07) is 7.50. The molecule has 130 valence electrons. The van der Waals surface area contributed by atoms with Gasteiger partial charge < -0.3 is 4.74 Å². The molecule has 0 bridgehead atoms. The van der Waals surface area contributed by atoms with Gasteiger partial charge in [0.1, 0.15) is 10.6 Å². The monoisotopic (exact) mass is 349 g/mol. The number of rotatable bonds is 4. The van der Waals surface area contributed by atoms with Crippen molar-refractivity contribution in [3.63, 3.8) is 0 Å². The number of nitrogens with zero attached hydrogens (tertiary/aromatic N) is 3. The molecule has 2 heterocycles. The lowest BCUT2D eigenvalue weighted by Crippen LogP contribution is -2.38. The normalized spacial score (nSPS) is 19.4. The van der Waals surface area contributed by atoms with Crippen molar-refractivity contribution < 1.29 is 13.2 Å². The number of methoxy groups -OCH3 is 1. The van der Waals surface area contributed by atoms with E-state index in [1.807, 2.05) is 24.3 Å². The molecule has 1 aromatic carbocycles. The third-order valence-corrected chi connectivity index (χ3v) is 6.72. The average Bonchev–Trinajstić information content (AvgIpc) is 2.95. The Morgan fingerprint density at radius 2 is 2.08 bits per heavy atom. The summed E-state index contributed by atoms with van der Waals surface area (Å²) in [5, 5.41) is 4.09. The van der Waals surface area contributed by atoms with Gasteiger partial charge in [0.25, 0.3) is 0 Å². The van der Waals surface area contributed by atoms with Crippen LogP contribution in [0, 0.1) is 6.92 Å². The first-order valence-electron chi connectivity index (χ1n) is 8.09. The maximum atomic E-state index is 13.2. The van der Waals surface area contributed by atoms with E-state index in [-0.39, 0.29) is 6.04 Å². The number of benzene rings is 1. The molecular formula is C17H23N3O3S. The molecule has 0 amide bonds. The first kappa shape index (κ1) is 17.0. The van der Waals surface area contributed by atoms with E-state index in [0.29, 0.717) is 17.1 Å². The topological polar surface area (TPSA) is 64.4 Å². The summed E-state index contributed by atoms with van der Waals surface area (Å²) in [7, 11) is -0.207. The van der Waals surface area contributed by atoms with Gasteiger partial charge in [0.05, 0.1) is 25.0 Å². The van der Waals surface area contributed by atoms with Crippen LogP contribution in [0.4, 0.5) is 0 Å². The van der Waals surface area contributed by atoms with Gasteiger partial charge in [0.15, 0.2) is 0 Å². The predicted molar refractivity (Wildman–Crippen MR) is 91.4 cm³/mol. The molecule has 1 unspecified atom stereocenters. The van der Waals surface area contributed by atoms with E-state index in [4.69, 9.17) is 4.74 Å².